The Balaban J connectivity index is 2.31. The van der Waals surface area contributed by atoms with Crippen LogP contribution < -0.4 is 10.4 Å². The van der Waals surface area contributed by atoms with Gasteiger partial charge in [-0.1, -0.05) is 19.9 Å². The lowest BCUT2D eigenvalue weighted by molar-refractivity contribution is -0.133. The van der Waals surface area contributed by atoms with Gasteiger partial charge in [0.1, 0.15) is 17.9 Å². The van der Waals surface area contributed by atoms with Crippen molar-refractivity contribution in [2.75, 3.05) is 6.61 Å². The topological polar surface area (TPSA) is 76.7 Å². The van der Waals surface area contributed by atoms with Crippen molar-refractivity contribution >= 4 is 16.9 Å². The van der Waals surface area contributed by atoms with Crippen LogP contribution in [0.5, 0.6) is 5.75 Å². The number of carbonyl (C=O) groups is 1. The van der Waals surface area contributed by atoms with E-state index in [4.69, 9.17) is 14.3 Å². The third kappa shape index (κ3) is 3.51. The quantitative estimate of drug-likeness (QED) is 0.653. The molecule has 2 aromatic rings. The van der Waals surface area contributed by atoms with E-state index in [1.165, 1.54) is 6.07 Å². The first-order valence-corrected chi connectivity index (χ1v) is 6.62. The Morgan fingerprint density at radius 2 is 2.14 bits per heavy atom. The molecule has 2 rings (SSSR count). The Kier molecular flexibility index (Phi) is 4.42. The summed E-state index contributed by atoms with van der Waals surface area (Å²) in [6.45, 7) is 5.30. The zero-order chi connectivity index (χ0) is 15.4. The third-order valence-electron chi connectivity index (χ3n) is 3.04. The summed E-state index contributed by atoms with van der Waals surface area (Å²) in [5.41, 5.74) is 0.920. The van der Waals surface area contributed by atoms with Gasteiger partial charge in [-0.3, -0.25) is 0 Å². The zero-order valence-corrected chi connectivity index (χ0v) is 11.7. The molecule has 0 bridgehead atoms. The van der Waals surface area contributed by atoms with E-state index < -0.39 is 11.6 Å². The highest BCUT2D eigenvalue weighted by Gasteiger charge is 2.08. The van der Waals surface area contributed by atoms with Gasteiger partial charge >= 0.3 is 11.6 Å². The third-order valence-corrected chi connectivity index (χ3v) is 3.04. The summed E-state index contributed by atoms with van der Waals surface area (Å²) in [6.07, 6.45) is 1.72. The lowest BCUT2D eigenvalue weighted by Crippen LogP contribution is -2.09. The van der Waals surface area contributed by atoms with E-state index in [1.54, 1.807) is 12.1 Å². The fourth-order valence-electron chi connectivity index (χ4n) is 2.01. The van der Waals surface area contributed by atoms with E-state index in [0.717, 1.165) is 23.8 Å². The molecule has 0 aliphatic carbocycles. The maximum Gasteiger partial charge on any atom is 0.336 e. The van der Waals surface area contributed by atoms with Crippen LogP contribution in [0, 0.1) is 0 Å². The number of hydrogen-bond donors (Lipinski definition) is 1. The highest BCUT2D eigenvalue weighted by molar-refractivity contribution is 5.86. The summed E-state index contributed by atoms with van der Waals surface area (Å²) in [5.74, 6) is -0.672. The molecule has 0 saturated carbocycles. The van der Waals surface area contributed by atoms with Gasteiger partial charge in [0, 0.05) is 17.5 Å². The number of carboxylic acids is 1. The van der Waals surface area contributed by atoms with Crippen molar-refractivity contribution in [3.8, 4) is 5.75 Å². The van der Waals surface area contributed by atoms with Crippen molar-refractivity contribution in [2.45, 2.75) is 19.8 Å². The predicted molar refractivity (Wildman–Crippen MR) is 78.7 cm³/mol. The van der Waals surface area contributed by atoms with Crippen LogP contribution in [0.4, 0.5) is 0 Å². The van der Waals surface area contributed by atoms with E-state index in [2.05, 4.69) is 6.58 Å². The van der Waals surface area contributed by atoms with E-state index in [-0.39, 0.29) is 12.2 Å². The Morgan fingerprint density at radius 3 is 2.81 bits per heavy atom. The van der Waals surface area contributed by atoms with Gasteiger partial charge in [0.15, 0.2) is 0 Å². The molecular formula is C16H16O5. The number of fused-ring (bicyclic) bond motifs is 1. The van der Waals surface area contributed by atoms with Crippen LogP contribution >= 0.6 is 0 Å². The predicted octanol–water partition coefficient (Wildman–Crippen LogP) is 2.77. The lowest BCUT2D eigenvalue weighted by atomic mass is 10.1. The van der Waals surface area contributed by atoms with Gasteiger partial charge in [-0.15, -0.1) is 0 Å². The average molecular weight is 288 g/mol. The molecular weight excluding hydrogens is 272 g/mol. The molecule has 0 radical (unpaired) electrons. The molecule has 1 aromatic carbocycles. The minimum absolute atomic E-state index is 0.0451. The zero-order valence-electron chi connectivity index (χ0n) is 11.7. The van der Waals surface area contributed by atoms with Crippen LogP contribution in [0.25, 0.3) is 11.0 Å². The van der Waals surface area contributed by atoms with Gasteiger partial charge in [-0.05, 0) is 24.1 Å². The van der Waals surface area contributed by atoms with Crippen molar-refractivity contribution in [3.05, 3.63) is 52.4 Å². The van der Waals surface area contributed by atoms with Gasteiger partial charge in [0.05, 0.1) is 5.57 Å². The number of aliphatic carboxylic acids is 1. The molecule has 0 unspecified atom stereocenters. The monoisotopic (exact) mass is 288 g/mol. The van der Waals surface area contributed by atoms with Crippen molar-refractivity contribution in [1.29, 1.82) is 0 Å². The lowest BCUT2D eigenvalue weighted by Gasteiger charge is -2.08. The molecule has 0 spiro atoms. The number of ether oxygens (including phenoxy) is 1. The fourth-order valence-corrected chi connectivity index (χ4v) is 2.01. The van der Waals surface area contributed by atoms with Gasteiger partial charge in [0.25, 0.3) is 0 Å². The first-order valence-electron chi connectivity index (χ1n) is 6.62. The first kappa shape index (κ1) is 14.8. The number of benzene rings is 1. The highest BCUT2D eigenvalue weighted by atomic mass is 16.5. The van der Waals surface area contributed by atoms with Gasteiger partial charge in [-0.25, -0.2) is 9.59 Å². The van der Waals surface area contributed by atoms with Crippen molar-refractivity contribution in [3.63, 3.8) is 0 Å². The fraction of sp³-hybridized carbons (Fsp3) is 0.250. The second kappa shape index (κ2) is 6.26. The van der Waals surface area contributed by atoms with Crippen molar-refractivity contribution in [1.82, 2.24) is 0 Å². The normalized spacial score (nSPS) is 10.5. The van der Waals surface area contributed by atoms with Crippen LogP contribution in [0.2, 0.25) is 0 Å². The summed E-state index contributed by atoms with van der Waals surface area (Å²) in [6, 6.07) is 6.61. The summed E-state index contributed by atoms with van der Waals surface area (Å²) >= 11 is 0. The SMILES string of the molecule is C=C(COc1ccc2c(CCC)cc(=O)oc2c1)C(=O)O. The molecule has 0 aliphatic heterocycles. The maximum atomic E-state index is 11.5. The Hall–Kier alpha value is -2.56. The molecule has 0 aliphatic rings. The average Bonchev–Trinajstić information content (AvgIpc) is 2.44. The van der Waals surface area contributed by atoms with Crippen molar-refractivity contribution < 1.29 is 19.1 Å². The summed E-state index contributed by atoms with van der Waals surface area (Å²) in [5, 5.41) is 9.59. The van der Waals surface area contributed by atoms with Gasteiger partial charge < -0.3 is 14.3 Å². The van der Waals surface area contributed by atoms with Crippen LogP contribution in [0.1, 0.15) is 18.9 Å². The molecule has 1 aromatic heterocycles. The maximum absolute atomic E-state index is 11.5. The Bertz CT molecular complexity index is 742. The Morgan fingerprint density at radius 1 is 1.38 bits per heavy atom. The van der Waals surface area contributed by atoms with Crippen molar-refractivity contribution in [2.24, 2.45) is 0 Å². The molecule has 110 valence electrons. The number of aryl methyl sites for hydroxylation is 1. The summed E-state index contributed by atoms with van der Waals surface area (Å²) in [4.78, 5) is 22.2. The van der Waals surface area contributed by atoms with Gasteiger partial charge in [-0.2, -0.15) is 0 Å². The molecule has 5 heteroatoms. The van der Waals surface area contributed by atoms with Crippen LogP contribution in [0.15, 0.2) is 45.6 Å². The molecule has 0 fully saturated rings. The van der Waals surface area contributed by atoms with Crippen LogP contribution in [-0.2, 0) is 11.2 Å². The molecule has 0 saturated heterocycles. The van der Waals surface area contributed by atoms with E-state index in [0.29, 0.717) is 11.3 Å². The van der Waals surface area contributed by atoms with E-state index >= 15 is 0 Å². The number of carboxylic acid groups (broad SMARTS) is 1. The van der Waals surface area contributed by atoms with E-state index in [9.17, 15) is 9.59 Å². The molecule has 21 heavy (non-hydrogen) atoms. The van der Waals surface area contributed by atoms with Crippen LogP contribution in [-0.4, -0.2) is 17.7 Å². The first-order chi connectivity index (χ1) is 10.0. The number of hydrogen-bond acceptors (Lipinski definition) is 4. The Labute approximate surface area is 121 Å². The second-order valence-electron chi connectivity index (χ2n) is 4.70. The van der Waals surface area contributed by atoms with Gasteiger partial charge in [0.2, 0.25) is 0 Å². The van der Waals surface area contributed by atoms with E-state index in [1.807, 2.05) is 13.0 Å². The largest absolute Gasteiger partial charge is 0.489 e. The second-order valence-corrected chi connectivity index (χ2v) is 4.70. The molecule has 0 amide bonds. The molecule has 1 heterocycles. The molecule has 1 N–H and O–H groups in total. The summed E-state index contributed by atoms with van der Waals surface area (Å²) < 4.78 is 10.5. The minimum atomic E-state index is -1.10. The highest BCUT2D eigenvalue weighted by Crippen LogP contribution is 2.23. The van der Waals surface area contributed by atoms with Crippen LogP contribution in [0.3, 0.4) is 0 Å². The smallest absolute Gasteiger partial charge is 0.336 e. The number of rotatable bonds is 6. The summed E-state index contributed by atoms with van der Waals surface area (Å²) in [7, 11) is 0. The minimum Gasteiger partial charge on any atom is -0.489 e. The molecule has 0 atom stereocenters. The molecule has 5 nitrogen and oxygen atoms in total. The standard InChI is InChI=1S/C16H16O5/c1-3-4-11-7-15(17)21-14-8-12(5-6-13(11)14)20-9-10(2)16(18)19/h5-8H,2-4,9H2,1H3,(H,18,19).